The molecule has 0 aliphatic carbocycles. The van der Waals surface area contributed by atoms with Gasteiger partial charge in [0.2, 0.25) is 0 Å². The number of ether oxygens (including phenoxy) is 1. The molecule has 0 saturated carbocycles. The van der Waals surface area contributed by atoms with Gasteiger partial charge < -0.3 is 9.30 Å². The highest BCUT2D eigenvalue weighted by molar-refractivity contribution is 5.90. The number of allylic oxidation sites excluding steroid dienone is 1. The summed E-state index contributed by atoms with van der Waals surface area (Å²) >= 11 is 0. The monoisotopic (exact) mass is 387 g/mol. The van der Waals surface area contributed by atoms with E-state index in [0.29, 0.717) is 17.7 Å². The predicted octanol–water partition coefficient (Wildman–Crippen LogP) is 5.47. The highest BCUT2D eigenvalue weighted by Crippen LogP contribution is 2.27. The summed E-state index contributed by atoms with van der Waals surface area (Å²) in [4.78, 5) is 10.4. The molecule has 0 radical (unpaired) electrons. The van der Waals surface area contributed by atoms with Gasteiger partial charge in [-0.15, -0.1) is 0 Å². The second-order valence-electron chi connectivity index (χ2n) is 6.56. The molecule has 0 amide bonds. The molecule has 0 saturated heterocycles. The molecule has 29 heavy (non-hydrogen) atoms. The van der Waals surface area contributed by atoms with E-state index in [1.165, 1.54) is 12.1 Å². The van der Waals surface area contributed by atoms with Gasteiger partial charge in [-0.25, -0.2) is 0 Å². The van der Waals surface area contributed by atoms with Gasteiger partial charge in [0.05, 0.1) is 23.2 Å². The molecule has 2 aromatic carbocycles. The largest absolute Gasteiger partial charge is 0.494 e. The first-order valence-electron chi connectivity index (χ1n) is 9.23. The van der Waals surface area contributed by atoms with Crippen LogP contribution in [0.3, 0.4) is 0 Å². The molecule has 146 valence electrons. The minimum atomic E-state index is -0.454. The van der Waals surface area contributed by atoms with E-state index < -0.39 is 4.92 Å². The number of hydrogen-bond acceptors (Lipinski definition) is 4. The van der Waals surface area contributed by atoms with Crippen molar-refractivity contribution < 1.29 is 9.66 Å². The van der Waals surface area contributed by atoms with Crippen LogP contribution in [0.15, 0.2) is 54.6 Å². The van der Waals surface area contributed by atoms with E-state index >= 15 is 0 Å². The van der Waals surface area contributed by atoms with Crippen molar-refractivity contribution in [1.29, 1.82) is 5.26 Å². The normalized spacial score (nSPS) is 11.2. The zero-order chi connectivity index (χ0) is 21.0. The number of aromatic nitrogens is 1. The Morgan fingerprint density at radius 1 is 1.17 bits per heavy atom. The molecule has 0 aliphatic heterocycles. The summed E-state index contributed by atoms with van der Waals surface area (Å²) in [7, 11) is 0. The lowest BCUT2D eigenvalue weighted by atomic mass is 10.0. The van der Waals surface area contributed by atoms with E-state index in [4.69, 9.17) is 4.74 Å². The van der Waals surface area contributed by atoms with E-state index in [1.54, 1.807) is 12.1 Å². The molecule has 0 spiro atoms. The molecule has 0 aliphatic rings. The van der Waals surface area contributed by atoms with Gasteiger partial charge in [0, 0.05) is 29.2 Å². The van der Waals surface area contributed by atoms with E-state index in [1.807, 2.05) is 57.2 Å². The zero-order valence-electron chi connectivity index (χ0n) is 16.5. The van der Waals surface area contributed by atoms with Crippen LogP contribution < -0.4 is 4.74 Å². The number of rotatable bonds is 6. The summed E-state index contributed by atoms with van der Waals surface area (Å²) in [5, 5.41) is 20.4. The first-order valence-corrected chi connectivity index (χ1v) is 9.23. The maximum atomic E-state index is 10.8. The Labute approximate surface area is 169 Å². The topological polar surface area (TPSA) is 81.1 Å². The molecular formula is C23H21N3O3. The number of nitriles is 1. The van der Waals surface area contributed by atoms with Crippen LogP contribution in [0.4, 0.5) is 5.69 Å². The molecule has 6 nitrogen and oxygen atoms in total. The van der Waals surface area contributed by atoms with Gasteiger partial charge in [0.1, 0.15) is 5.75 Å². The van der Waals surface area contributed by atoms with Crippen LogP contribution in [0.1, 0.15) is 29.4 Å². The molecule has 1 aromatic heterocycles. The molecule has 0 N–H and O–H groups in total. The minimum Gasteiger partial charge on any atom is -0.494 e. The van der Waals surface area contributed by atoms with Crippen molar-refractivity contribution in [1.82, 2.24) is 4.57 Å². The zero-order valence-corrected chi connectivity index (χ0v) is 16.5. The first kappa shape index (κ1) is 19.9. The summed E-state index contributed by atoms with van der Waals surface area (Å²) in [6.07, 6.45) is 1.81. The van der Waals surface area contributed by atoms with E-state index in [9.17, 15) is 15.4 Å². The third kappa shape index (κ3) is 4.19. The highest BCUT2D eigenvalue weighted by atomic mass is 16.6. The Bertz CT molecular complexity index is 1100. The van der Waals surface area contributed by atoms with E-state index in [-0.39, 0.29) is 5.69 Å². The Kier molecular flexibility index (Phi) is 5.79. The van der Waals surface area contributed by atoms with Crippen LogP contribution in [0.25, 0.3) is 17.3 Å². The highest BCUT2D eigenvalue weighted by Gasteiger charge is 2.12. The molecule has 0 unspecified atom stereocenters. The van der Waals surface area contributed by atoms with Gasteiger partial charge in [-0.2, -0.15) is 5.26 Å². The maximum absolute atomic E-state index is 10.8. The predicted molar refractivity (Wildman–Crippen MR) is 113 cm³/mol. The minimum absolute atomic E-state index is 0.000262. The summed E-state index contributed by atoms with van der Waals surface area (Å²) in [6, 6.07) is 18.1. The van der Waals surface area contributed by atoms with Gasteiger partial charge in [-0.05, 0) is 80.4 Å². The third-order valence-corrected chi connectivity index (χ3v) is 4.69. The number of nitro benzene ring substituents is 1. The van der Waals surface area contributed by atoms with Crippen molar-refractivity contribution in [2.24, 2.45) is 0 Å². The van der Waals surface area contributed by atoms with Crippen LogP contribution in [0, 0.1) is 35.3 Å². The Hall–Kier alpha value is -3.85. The fourth-order valence-electron chi connectivity index (χ4n) is 3.29. The van der Waals surface area contributed by atoms with Crippen molar-refractivity contribution in [3.63, 3.8) is 0 Å². The van der Waals surface area contributed by atoms with Crippen LogP contribution in [0.2, 0.25) is 0 Å². The Morgan fingerprint density at radius 2 is 1.83 bits per heavy atom. The number of aryl methyl sites for hydroxylation is 1. The summed E-state index contributed by atoms with van der Waals surface area (Å²) in [5.41, 5.74) is 5.07. The summed E-state index contributed by atoms with van der Waals surface area (Å²) in [5.74, 6) is 0.823. The van der Waals surface area contributed by atoms with Crippen LogP contribution >= 0.6 is 0 Å². The number of non-ortho nitro benzene ring substituents is 1. The molecular weight excluding hydrogens is 366 g/mol. The Balaban J connectivity index is 1.97. The van der Waals surface area contributed by atoms with Gasteiger partial charge in [0.15, 0.2) is 0 Å². The van der Waals surface area contributed by atoms with Gasteiger partial charge in [0.25, 0.3) is 5.69 Å². The molecule has 3 aromatic rings. The number of nitrogens with zero attached hydrogens (tertiary/aromatic N) is 3. The van der Waals surface area contributed by atoms with Crippen LogP contribution in [-0.2, 0) is 0 Å². The lowest BCUT2D eigenvalue weighted by Gasteiger charge is -2.11. The van der Waals surface area contributed by atoms with Crippen LogP contribution in [0.5, 0.6) is 5.75 Å². The third-order valence-electron chi connectivity index (χ3n) is 4.69. The van der Waals surface area contributed by atoms with E-state index in [2.05, 4.69) is 10.6 Å². The van der Waals surface area contributed by atoms with Crippen molar-refractivity contribution >= 4 is 17.3 Å². The summed E-state index contributed by atoms with van der Waals surface area (Å²) in [6.45, 7) is 6.58. The first-order chi connectivity index (χ1) is 13.9. The van der Waals surface area contributed by atoms with Crippen LogP contribution in [-0.4, -0.2) is 16.1 Å². The molecule has 0 fully saturated rings. The average Bonchev–Trinajstić information content (AvgIpc) is 3.00. The van der Waals surface area contributed by atoms with Gasteiger partial charge in [-0.1, -0.05) is 0 Å². The average molecular weight is 387 g/mol. The molecule has 1 heterocycles. The second-order valence-corrected chi connectivity index (χ2v) is 6.56. The molecule has 3 rings (SSSR count). The fraction of sp³-hybridized carbons (Fsp3) is 0.174. The smallest absolute Gasteiger partial charge is 0.269 e. The second kappa shape index (κ2) is 8.44. The van der Waals surface area contributed by atoms with Crippen molar-refractivity contribution in [3.05, 3.63) is 87.2 Å². The van der Waals surface area contributed by atoms with Crippen molar-refractivity contribution in [2.75, 3.05) is 6.61 Å². The number of benzene rings is 2. The fourth-order valence-corrected chi connectivity index (χ4v) is 3.29. The van der Waals surface area contributed by atoms with Gasteiger partial charge >= 0.3 is 0 Å². The Morgan fingerprint density at radius 3 is 2.38 bits per heavy atom. The SMILES string of the molecule is CCOc1ccc(-n2c(C)cc(C=C(C#N)c3ccc([N+](=O)[O-])cc3)c2C)cc1. The number of hydrogen-bond donors (Lipinski definition) is 0. The lowest BCUT2D eigenvalue weighted by molar-refractivity contribution is -0.384. The molecule has 0 bridgehead atoms. The molecule has 0 atom stereocenters. The van der Waals surface area contributed by atoms with Gasteiger partial charge in [-0.3, -0.25) is 10.1 Å². The van der Waals surface area contributed by atoms with E-state index in [0.717, 1.165) is 28.4 Å². The number of nitro groups is 1. The van der Waals surface area contributed by atoms with Crippen molar-refractivity contribution in [2.45, 2.75) is 20.8 Å². The van der Waals surface area contributed by atoms with Crippen molar-refractivity contribution in [3.8, 4) is 17.5 Å². The lowest BCUT2D eigenvalue weighted by Crippen LogP contribution is -1.99. The quantitative estimate of drug-likeness (QED) is 0.319. The maximum Gasteiger partial charge on any atom is 0.269 e. The summed E-state index contributed by atoms with van der Waals surface area (Å²) < 4.78 is 7.62. The molecule has 6 heteroatoms. The standard InChI is InChI=1S/C23H21N3O3/c1-4-29-23-11-9-21(10-12-23)25-16(2)13-19(17(25)3)14-20(15-24)18-5-7-22(8-6-18)26(27)28/h5-14H,4H2,1-3H3.